The first-order valence-corrected chi connectivity index (χ1v) is 12.8. The SMILES string of the molecule is O=C(CSc1nnc2sc3ccccc3n12)N1N=C(c2cc3ccccc3o2)C[C@H]1c1ccco1. The van der Waals surface area contributed by atoms with Crippen molar-refractivity contribution in [3.63, 3.8) is 0 Å². The zero-order valence-corrected chi connectivity index (χ0v) is 19.8. The Morgan fingerprint density at radius 3 is 2.86 bits per heavy atom. The molecular formula is C25H17N5O3S2. The molecule has 0 N–H and O–H groups in total. The lowest BCUT2D eigenvalue weighted by atomic mass is 10.1. The van der Waals surface area contributed by atoms with Crippen LogP contribution in [0.5, 0.6) is 0 Å². The molecule has 2 aromatic carbocycles. The number of nitrogens with zero attached hydrogens (tertiary/aromatic N) is 5. The van der Waals surface area contributed by atoms with Gasteiger partial charge in [-0.15, -0.1) is 10.2 Å². The molecule has 0 saturated carbocycles. The third-order valence-electron chi connectivity index (χ3n) is 5.98. The number of carbonyl (C=O) groups is 1. The normalized spacial score (nSPS) is 16.1. The molecule has 0 spiro atoms. The molecule has 0 radical (unpaired) electrons. The van der Waals surface area contributed by atoms with Crippen LogP contribution in [0.25, 0.3) is 26.1 Å². The summed E-state index contributed by atoms with van der Waals surface area (Å²) >= 11 is 2.93. The fourth-order valence-corrected chi connectivity index (χ4v) is 6.18. The van der Waals surface area contributed by atoms with Crippen LogP contribution in [0.2, 0.25) is 0 Å². The van der Waals surface area contributed by atoms with E-state index in [9.17, 15) is 4.79 Å². The minimum absolute atomic E-state index is 0.140. The van der Waals surface area contributed by atoms with Crippen molar-refractivity contribution in [2.75, 3.05) is 5.75 Å². The fraction of sp³-hybridized carbons (Fsp3) is 0.120. The van der Waals surface area contributed by atoms with E-state index in [-0.39, 0.29) is 17.7 Å². The average molecular weight is 500 g/mol. The lowest BCUT2D eigenvalue weighted by Gasteiger charge is -2.19. The molecule has 35 heavy (non-hydrogen) atoms. The second-order valence-corrected chi connectivity index (χ2v) is 10.1. The van der Waals surface area contributed by atoms with E-state index < -0.39 is 0 Å². The minimum atomic E-state index is -0.332. The van der Waals surface area contributed by atoms with E-state index in [4.69, 9.17) is 8.83 Å². The van der Waals surface area contributed by atoms with Gasteiger partial charge < -0.3 is 8.83 Å². The number of para-hydroxylation sites is 2. The van der Waals surface area contributed by atoms with Crippen molar-refractivity contribution < 1.29 is 13.6 Å². The number of rotatable bonds is 5. The summed E-state index contributed by atoms with van der Waals surface area (Å²) in [7, 11) is 0. The lowest BCUT2D eigenvalue weighted by molar-refractivity contribution is -0.130. The molecule has 8 nitrogen and oxygen atoms in total. The van der Waals surface area contributed by atoms with Crippen LogP contribution in [0, 0.1) is 0 Å². The van der Waals surface area contributed by atoms with Crippen molar-refractivity contribution in [1.82, 2.24) is 19.6 Å². The van der Waals surface area contributed by atoms with Gasteiger partial charge >= 0.3 is 0 Å². The molecule has 7 rings (SSSR count). The van der Waals surface area contributed by atoms with E-state index in [0.717, 1.165) is 31.9 Å². The van der Waals surface area contributed by atoms with Gasteiger partial charge in [0.2, 0.25) is 4.96 Å². The van der Waals surface area contributed by atoms with E-state index in [1.54, 1.807) is 17.6 Å². The molecule has 0 unspecified atom stereocenters. The lowest BCUT2D eigenvalue weighted by Crippen LogP contribution is -2.28. The van der Waals surface area contributed by atoms with Crippen molar-refractivity contribution in [3.8, 4) is 0 Å². The Morgan fingerprint density at radius 1 is 1.09 bits per heavy atom. The number of aromatic nitrogens is 3. The summed E-state index contributed by atoms with van der Waals surface area (Å²) in [6.07, 6.45) is 2.12. The molecule has 0 bridgehead atoms. The van der Waals surface area contributed by atoms with Gasteiger partial charge in [0.1, 0.15) is 23.1 Å². The Morgan fingerprint density at radius 2 is 1.97 bits per heavy atom. The zero-order chi connectivity index (χ0) is 23.4. The summed E-state index contributed by atoms with van der Waals surface area (Å²) in [5.74, 6) is 1.37. The number of fused-ring (bicyclic) bond motifs is 4. The van der Waals surface area contributed by atoms with Gasteiger partial charge in [0.05, 0.1) is 22.2 Å². The predicted octanol–water partition coefficient (Wildman–Crippen LogP) is 5.75. The fourth-order valence-electron chi connectivity index (χ4n) is 4.36. The van der Waals surface area contributed by atoms with Crippen LogP contribution in [0.4, 0.5) is 0 Å². The number of hydrazone groups is 1. The number of furan rings is 2. The maximum absolute atomic E-state index is 13.4. The van der Waals surface area contributed by atoms with E-state index in [0.29, 0.717) is 23.1 Å². The Kier molecular flexibility index (Phi) is 4.74. The first kappa shape index (κ1) is 20.5. The highest BCUT2D eigenvalue weighted by atomic mass is 32.2. The Labute approximate surface area is 206 Å². The highest BCUT2D eigenvalue weighted by molar-refractivity contribution is 7.99. The third-order valence-corrected chi connectivity index (χ3v) is 7.91. The molecule has 4 aromatic heterocycles. The maximum Gasteiger partial charge on any atom is 0.253 e. The maximum atomic E-state index is 13.4. The van der Waals surface area contributed by atoms with Gasteiger partial charge in [0.25, 0.3) is 5.91 Å². The summed E-state index contributed by atoms with van der Waals surface area (Å²) in [5, 5.41) is 16.5. The van der Waals surface area contributed by atoms with Gasteiger partial charge in [-0.2, -0.15) is 5.10 Å². The second kappa shape index (κ2) is 8.10. The topological polar surface area (TPSA) is 89.1 Å². The predicted molar refractivity (Wildman–Crippen MR) is 135 cm³/mol. The van der Waals surface area contributed by atoms with Crippen molar-refractivity contribution in [3.05, 3.63) is 84.5 Å². The molecule has 0 saturated heterocycles. The molecule has 1 atom stereocenters. The van der Waals surface area contributed by atoms with Crippen LogP contribution in [0.1, 0.15) is 24.0 Å². The molecular weight excluding hydrogens is 482 g/mol. The van der Waals surface area contributed by atoms with Crippen LogP contribution in [0.3, 0.4) is 0 Å². The van der Waals surface area contributed by atoms with Gasteiger partial charge in [-0.1, -0.05) is 53.4 Å². The average Bonchev–Trinajstić information content (AvgIpc) is 3.69. The van der Waals surface area contributed by atoms with E-state index in [1.165, 1.54) is 16.8 Å². The Balaban J connectivity index is 1.18. The van der Waals surface area contributed by atoms with Gasteiger partial charge in [-0.3, -0.25) is 9.20 Å². The smallest absolute Gasteiger partial charge is 0.253 e. The van der Waals surface area contributed by atoms with Crippen molar-refractivity contribution in [2.45, 2.75) is 17.6 Å². The van der Waals surface area contributed by atoms with Crippen LogP contribution in [0.15, 0.2) is 92.1 Å². The van der Waals surface area contributed by atoms with E-state index in [1.807, 2.05) is 65.1 Å². The van der Waals surface area contributed by atoms with Gasteiger partial charge in [0.15, 0.2) is 10.9 Å². The molecule has 5 heterocycles. The van der Waals surface area contributed by atoms with E-state index >= 15 is 0 Å². The van der Waals surface area contributed by atoms with Crippen molar-refractivity contribution >= 4 is 60.9 Å². The van der Waals surface area contributed by atoms with E-state index in [2.05, 4.69) is 21.4 Å². The molecule has 1 aliphatic rings. The van der Waals surface area contributed by atoms with Gasteiger partial charge in [0, 0.05) is 11.8 Å². The van der Waals surface area contributed by atoms with Crippen LogP contribution in [-0.2, 0) is 4.79 Å². The second-order valence-electron chi connectivity index (χ2n) is 8.13. The summed E-state index contributed by atoms with van der Waals surface area (Å²) in [6, 6.07) is 21.2. The summed E-state index contributed by atoms with van der Waals surface area (Å²) < 4.78 is 14.8. The van der Waals surface area contributed by atoms with Crippen LogP contribution < -0.4 is 0 Å². The van der Waals surface area contributed by atoms with Crippen LogP contribution >= 0.6 is 23.1 Å². The number of benzene rings is 2. The number of hydrogen-bond donors (Lipinski definition) is 0. The van der Waals surface area contributed by atoms with Gasteiger partial charge in [-0.05, 0) is 36.4 Å². The molecule has 1 amide bonds. The standard InChI is InChI=1S/C25H17N5O3S2/c31-23(14-34-24-26-27-25-29(24)17-7-2-4-10-22(17)35-25)30-18(20-9-5-11-32-20)13-16(28-30)21-12-15-6-1-3-8-19(15)33-21/h1-12,18H,13-14H2/t18-/m0/s1. The molecule has 0 fully saturated rings. The number of thiazole rings is 1. The van der Waals surface area contributed by atoms with Crippen LogP contribution in [-0.4, -0.2) is 37.0 Å². The summed E-state index contributed by atoms with van der Waals surface area (Å²) in [6.45, 7) is 0. The third kappa shape index (κ3) is 3.44. The molecule has 172 valence electrons. The number of hydrogen-bond acceptors (Lipinski definition) is 8. The monoisotopic (exact) mass is 499 g/mol. The molecule has 10 heteroatoms. The van der Waals surface area contributed by atoms with Gasteiger partial charge in [-0.25, -0.2) is 5.01 Å². The molecule has 1 aliphatic heterocycles. The summed E-state index contributed by atoms with van der Waals surface area (Å²) in [4.78, 5) is 14.2. The Hall–Kier alpha value is -3.89. The Bertz CT molecular complexity index is 1700. The first-order valence-electron chi connectivity index (χ1n) is 11.0. The zero-order valence-electron chi connectivity index (χ0n) is 18.2. The highest BCUT2D eigenvalue weighted by Crippen LogP contribution is 2.36. The van der Waals surface area contributed by atoms with Crippen molar-refractivity contribution in [2.24, 2.45) is 5.10 Å². The number of carbonyl (C=O) groups excluding carboxylic acids is 1. The minimum Gasteiger partial charge on any atom is -0.467 e. The quantitative estimate of drug-likeness (QED) is 0.281. The first-order chi connectivity index (χ1) is 17.2. The number of thioether (sulfide) groups is 1. The summed E-state index contributed by atoms with van der Waals surface area (Å²) in [5.41, 5.74) is 2.54. The number of amides is 1. The molecule has 0 aliphatic carbocycles. The molecule has 6 aromatic rings. The van der Waals surface area contributed by atoms with Crippen molar-refractivity contribution in [1.29, 1.82) is 0 Å². The highest BCUT2D eigenvalue weighted by Gasteiger charge is 2.36. The largest absolute Gasteiger partial charge is 0.467 e.